The number of rotatable bonds is 4. The van der Waals surface area contributed by atoms with E-state index >= 15 is 0 Å². The number of anilines is 1. The first kappa shape index (κ1) is 17.3. The molecule has 0 bridgehead atoms. The highest BCUT2D eigenvalue weighted by atomic mass is 16.5. The molecular formula is C22H21NO4. The lowest BCUT2D eigenvalue weighted by Gasteiger charge is -2.15. The zero-order valence-electron chi connectivity index (χ0n) is 15.4. The molecule has 1 amide bonds. The lowest BCUT2D eigenvalue weighted by Crippen LogP contribution is -2.30. The van der Waals surface area contributed by atoms with Crippen LogP contribution in [0.25, 0.3) is 11.0 Å². The van der Waals surface area contributed by atoms with Gasteiger partial charge in [0.05, 0.1) is 0 Å². The van der Waals surface area contributed by atoms with E-state index in [9.17, 15) is 9.59 Å². The fraction of sp³-hybridized carbons (Fsp3) is 0.273. The number of ether oxygens (including phenoxy) is 1. The molecule has 0 radical (unpaired) electrons. The Kier molecular flexibility index (Phi) is 4.44. The highest BCUT2D eigenvalue weighted by Crippen LogP contribution is 2.26. The second-order valence-electron chi connectivity index (χ2n) is 6.99. The van der Waals surface area contributed by atoms with Crippen molar-refractivity contribution < 1.29 is 13.9 Å². The van der Waals surface area contributed by atoms with Crippen molar-refractivity contribution in [3.8, 4) is 5.75 Å². The van der Waals surface area contributed by atoms with E-state index in [0.29, 0.717) is 11.3 Å². The third kappa shape index (κ3) is 3.58. The maximum Gasteiger partial charge on any atom is 0.336 e. The predicted molar refractivity (Wildman–Crippen MR) is 104 cm³/mol. The maximum atomic E-state index is 12.5. The van der Waals surface area contributed by atoms with Crippen molar-refractivity contribution >= 4 is 22.6 Å². The van der Waals surface area contributed by atoms with Crippen LogP contribution in [0.4, 0.5) is 5.69 Å². The summed E-state index contributed by atoms with van der Waals surface area (Å²) in [6.45, 7) is 3.55. The first-order chi connectivity index (χ1) is 13.0. The summed E-state index contributed by atoms with van der Waals surface area (Å²) in [5, 5.41) is 3.75. The summed E-state index contributed by atoms with van der Waals surface area (Å²) in [7, 11) is 0. The number of benzene rings is 2. The summed E-state index contributed by atoms with van der Waals surface area (Å²) in [6, 6.07) is 12.8. The molecule has 1 atom stereocenters. The molecule has 5 nitrogen and oxygen atoms in total. The zero-order valence-corrected chi connectivity index (χ0v) is 15.4. The standard InChI is InChI=1S/C22H21NO4/c1-13-10-21(24)27-20-12-18(8-9-19(13)20)26-14(2)22(25)23-17-7-6-15-4-3-5-16(15)11-17/h6-12,14H,3-5H2,1-2H3,(H,23,25). The highest BCUT2D eigenvalue weighted by Gasteiger charge is 2.17. The Hall–Kier alpha value is -3.08. The number of amides is 1. The van der Waals surface area contributed by atoms with Gasteiger partial charge in [0.1, 0.15) is 11.3 Å². The number of carbonyl (C=O) groups is 1. The van der Waals surface area contributed by atoms with Crippen molar-refractivity contribution in [3.05, 3.63) is 69.6 Å². The van der Waals surface area contributed by atoms with Gasteiger partial charge in [-0.15, -0.1) is 0 Å². The van der Waals surface area contributed by atoms with Gasteiger partial charge in [0.15, 0.2) is 6.10 Å². The Labute approximate surface area is 157 Å². The van der Waals surface area contributed by atoms with E-state index in [-0.39, 0.29) is 5.91 Å². The molecule has 1 heterocycles. The Morgan fingerprint density at radius 1 is 1.11 bits per heavy atom. The molecule has 4 rings (SSSR count). The topological polar surface area (TPSA) is 68.5 Å². The number of hydrogen-bond donors (Lipinski definition) is 1. The van der Waals surface area contributed by atoms with Gasteiger partial charge < -0.3 is 14.5 Å². The average Bonchev–Trinajstić information content (AvgIpc) is 3.09. The van der Waals surface area contributed by atoms with E-state index < -0.39 is 11.7 Å². The highest BCUT2D eigenvalue weighted by molar-refractivity contribution is 5.94. The van der Waals surface area contributed by atoms with Crippen molar-refractivity contribution in [2.75, 3.05) is 5.32 Å². The van der Waals surface area contributed by atoms with Crippen LogP contribution in [0.3, 0.4) is 0 Å². The SMILES string of the molecule is Cc1cc(=O)oc2cc(OC(C)C(=O)Nc3ccc4c(c3)CCC4)ccc12. The summed E-state index contributed by atoms with van der Waals surface area (Å²) in [5.74, 6) is 0.256. The van der Waals surface area contributed by atoms with Crippen LogP contribution in [-0.4, -0.2) is 12.0 Å². The van der Waals surface area contributed by atoms with Crippen LogP contribution in [0, 0.1) is 6.92 Å². The van der Waals surface area contributed by atoms with E-state index in [4.69, 9.17) is 9.15 Å². The Morgan fingerprint density at radius 2 is 1.93 bits per heavy atom. The third-order valence-electron chi connectivity index (χ3n) is 4.97. The fourth-order valence-electron chi connectivity index (χ4n) is 3.53. The van der Waals surface area contributed by atoms with Gasteiger partial charge in [-0.05, 0) is 74.1 Å². The Morgan fingerprint density at radius 3 is 2.78 bits per heavy atom. The number of carbonyl (C=O) groups excluding carboxylic acids is 1. The normalized spacial score (nSPS) is 14.0. The van der Waals surface area contributed by atoms with Crippen molar-refractivity contribution in [2.24, 2.45) is 0 Å². The molecule has 0 spiro atoms. The van der Waals surface area contributed by atoms with Crippen LogP contribution in [0.5, 0.6) is 5.75 Å². The summed E-state index contributed by atoms with van der Waals surface area (Å²) >= 11 is 0. The third-order valence-corrected chi connectivity index (χ3v) is 4.97. The van der Waals surface area contributed by atoms with Crippen LogP contribution in [-0.2, 0) is 17.6 Å². The maximum absolute atomic E-state index is 12.5. The minimum atomic E-state index is -0.688. The average molecular weight is 363 g/mol. The molecule has 1 unspecified atom stereocenters. The van der Waals surface area contributed by atoms with Crippen LogP contribution in [0.2, 0.25) is 0 Å². The van der Waals surface area contributed by atoms with Gasteiger partial charge in [0, 0.05) is 23.2 Å². The van der Waals surface area contributed by atoms with Gasteiger partial charge in [0.25, 0.3) is 5.91 Å². The van der Waals surface area contributed by atoms with E-state index in [0.717, 1.165) is 29.5 Å². The summed E-state index contributed by atoms with van der Waals surface area (Å²) in [5.41, 5.74) is 4.35. The first-order valence-corrected chi connectivity index (χ1v) is 9.13. The van der Waals surface area contributed by atoms with Gasteiger partial charge in [0.2, 0.25) is 0 Å². The number of nitrogens with one attached hydrogen (secondary N) is 1. The molecule has 3 aromatic rings. The van der Waals surface area contributed by atoms with Crippen molar-refractivity contribution in [2.45, 2.75) is 39.2 Å². The Balaban J connectivity index is 1.48. The van der Waals surface area contributed by atoms with E-state index in [1.165, 1.54) is 23.6 Å². The predicted octanol–water partition coefficient (Wildman–Crippen LogP) is 4.00. The van der Waals surface area contributed by atoms with Crippen LogP contribution >= 0.6 is 0 Å². The fourth-order valence-corrected chi connectivity index (χ4v) is 3.53. The van der Waals surface area contributed by atoms with Crippen LogP contribution in [0.15, 0.2) is 51.7 Å². The Bertz CT molecular complexity index is 1080. The second kappa shape index (κ2) is 6.91. The van der Waals surface area contributed by atoms with Crippen LogP contribution in [0.1, 0.15) is 30.0 Å². The van der Waals surface area contributed by atoms with Gasteiger partial charge in [-0.1, -0.05) is 6.07 Å². The zero-order chi connectivity index (χ0) is 19.0. The molecule has 0 fully saturated rings. The van der Waals surface area contributed by atoms with Crippen molar-refractivity contribution in [3.63, 3.8) is 0 Å². The van der Waals surface area contributed by atoms with Gasteiger partial charge in [-0.25, -0.2) is 4.79 Å². The second-order valence-corrected chi connectivity index (χ2v) is 6.99. The summed E-state index contributed by atoms with van der Waals surface area (Å²) in [4.78, 5) is 24.0. The molecule has 1 aromatic heterocycles. The molecule has 1 aliphatic carbocycles. The lowest BCUT2D eigenvalue weighted by molar-refractivity contribution is -0.122. The molecule has 138 valence electrons. The summed E-state index contributed by atoms with van der Waals surface area (Å²) < 4.78 is 11.0. The molecular weight excluding hydrogens is 342 g/mol. The van der Waals surface area contributed by atoms with E-state index in [2.05, 4.69) is 11.4 Å². The number of aryl methyl sites for hydroxylation is 3. The molecule has 0 aliphatic heterocycles. The van der Waals surface area contributed by atoms with Gasteiger partial charge >= 0.3 is 5.63 Å². The van der Waals surface area contributed by atoms with Crippen LogP contribution < -0.4 is 15.7 Å². The molecule has 0 saturated heterocycles. The van der Waals surface area contributed by atoms with E-state index in [1.807, 2.05) is 25.1 Å². The van der Waals surface area contributed by atoms with E-state index in [1.54, 1.807) is 19.1 Å². The molecule has 2 aromatic carbocycles. The molecule has 27 heavy (non-hydrogen) atoms. The monoisotopic (exact) mass is 363 g/mol. The smallest absolute Gasteiger partial charge is 0.336 e. The molecule has 0 saturated carbocycles. The number of hydrogen-bond acceptors (Lipinski definition) is 4. The van der Waals surface area contributed by atoms with Crippen molar-refractivity contribution in [1.82, 2.24) is 0 Å². The van der Waals surface area contributed by atoms with Crippen molar-refractivity contribution in [1.29, 1.82) is 0 Å². The number of fused-ring (bicyclic) bond motifs is 2. The molecule has 1 aliphatic rings. The molecule has 5 heteroatoms. The minimum Gasteiger partial charge on any atom is -0.481 e. The molecule has 1 N–H and O–H groups in total. The quantitative estimate of drug-likeness (QED) is 0.712. The first-order valence-electron chi connectivity index (χ1n) is 9.13. The largest absolute Gasteiger partial charge is 0.481 e. The van der Waals surface area contributed by atoms with Gasteiger partial charge in [-0.3, -0.25) is 4.79 Å². The summed E-state index contributed by atoms with van der Waals surface area (Å²) in [6.07, 6.45) is 2.66. The minimum absolute atomic E-state index is 0.223. The lowest BCUT2D eigenvalue weighted by atomic mass is 10.1. The van der Waals surface area contributed by atoms with Gasteiger partial charge in [-0.2, -0.15) is 0 Å².